The lowest BCUT2D eigenvalue weighted by molar-refractivity contribution is 0.238. The topological polar surface area (TPSA) is 46.3 Å². The SMILES string of the molecule is Cc1oc(CO)nc1C1CCC1. The summed E-state index contributed by atoms with van der Waals surface area (Å²) in [6.45, 7) is 1.83. The van der Waals surface area contributed by atoms with Gasteiger partial charge in [-0.1, -0.05) is 6.42 Å². The summed E-state index contributed by atoms with van der Waals surface area (Å²) < 4.78 is 5.26. The molecule has 12 heavy (non-hydrogen) atoms. The fraction of sp³-hybridized carbons (Fsp3) is 0.667. The fourth-order valence-electron chi connectivity index (χ4n) is 1.59. The lowest BCUT2D eigenvalue weighted by atomic mass is 9.82. The maximum absolute atomic E-state index is 8.79. The number of aliphatic hydroxyl groups excluding tert-OH is 1. The first-order valence-electron chi connectivity index (χ1n) is 4.38. The van der Waals surface area contributed by atoms with Crippen molar-refractivity contribution in [2.45, 2.75) is 38.7 Å². The summed E-state index contributed by atoms with van der Waals surface area (Å²) in [6.07, 6.45) is 3.74. The molecule has 1 aliphatic carbocycles. The molecular formula is C9H13NO2. The highest BCUT2D eigenvalue weighted by atomic mass is 16.4. The summed E-state index contributed by atoms with van der Waals surface area (Å²) in [4.78, 5) is 4.23. The minimum atomic E-state index is -0.0897. The zero-order chi connectivity index (χ0) is 8.55. The number of rotatable bonds is 2. The quantitative estimate of drug-likeness (QED) is 0.729. The molecular weight excluding hydrogens is 154 g/mol. The molecule has 0 saturated heterocycles. The van der Waals surface area contributed by atoms with Crippen LogP contribution < -0.4 is 0 Å². The van der Waals surface area contributed by atoms with Gasteiger partial charge in [0.1, 0.15) is 12.4 Å². The van der Waals surface area contributed by atoms with E-state index in [0.29, 0.717) is 11.8 Å². The first-order chi connectivity index (χ1) is 5.81. The summed E-state index contributed by atoms with van der Waals surface area (Å²) in [5.41, 5.74) is 1.06. The molecule has 0 amide bonds. The van der Waals surface area contributed by atoms with Gasteiger partial charge in [0.2, 0.25) is 5.89 Å². The van der Waals surface area contributed by atoms with Crippen LogP contribution in [0.3, 0.4) is 0 Å². The van der Waals surface area contributed by atoms with Gasteiger partial charge in [0, 0.05) is 5.92 Å². The van der Waals surface area contributed by atoms with Gasteiger partial charge in [-0.25, -0.2) is 4.98 Å². The summed E-state index contributed by atoms with van der Waals surface area (Å²) in [6, 6.07) is 0. The van der Waals surface area contributed by atoms with Gasteiger partial charge in [-0.15, -0.1) is 0 Å². The van der Waals surface area contributed by atoms with Crippen molar-refractivity contribution in [3.05, 3.63) is 17.3 Å². The van der Waals surface area contributed by atoms with Gasteiger partial charge < -0.3 is 9.52 Å². The average Bonchev–Trinajstić information content (AvgIpc) is 2.29. The summed E-state index contributed by atoms with van der Waals surface area (Å²) in [7, 11) is 0. The van der Waals surface area contributed by atoms with Crippen LogP contribution in [0.1, 0.15) is 42.5 Å². The molecule has 2 rings (SSSR count). The average molecular weight is 167 g/mol. The van der Waals surface area contributed by atoms with Crippen molar-refractivity contribution in [3.8, 4) is 0 Å². The van der Waals surface area contributed by atoms with E-state index < -0.39 is 0 Å². The van der Waals surface area contributed by atoms with Crippen molar-refractivity contribution in [2.24, 2.45) is 0 Å². The molecule has 0 atom stereocenters. The predicted octanol–water partition coefficient (Wildman–Crippen LogP) is 1.74. The number of oxazole rings is 1. The molecule has 1 aliphatic rings. The Balaban J connectivity index is 2.23. The third kappa shape index (κ3) is 1.14. The second-order valence-electron chi connectivity index (χ2n) is 3.33. The number of aromatic nitrogens is 1. The van der Waals surface area contributed by atoms with Crippen LogP contribution in [0.5, 0.6) is 0 Å². The van der Waals surface area contributed by atoms with Gasteiger partial charge >= 0.3 is 0 Å². The number of hydrogen-bond donors (Lipinski definition) is 1. The Morgan fingerprint density at radius 2 is 2.33 bits per heavy atom. The zero-order valence-corrected chi connectivity index (χ0v) is 7.21. The first kappa shape index (κ1) is 7.80. The van der Waals surface area contributed by atoms with Crippen LogP contribution in [0.2, 0.25) is 0 Å². The second kappa shape index (κ2) is 2.90. The van der Waals surface area contributed by atoms with E-state index in [-0.39, 0.29) is 6.61 Å². The Kier molecular flexibility index (Phi) is 1.89. The highest BCUT2D eigenvalue weighted by Gasteiger charge is 2.25. The number of hydrogen-bond acceptors (Lipinski definition) is 3. The first-order valence-corrected chi connectivity index (χ1v) is 4.38. The number of nitrogens with zero attached hydrogens (tertiary/aromatic N) is 1. The van der Waals surface area contributed by atoms with E-state index >= 15 is 0 Å². The third-order valence-corrected chi connectivity index (χ3v) is 2.50. The largest absolute Gasteiger partial charge is 0.443 e. The van der Waals surface area contributed by atoms with E-state index in [1.165, 1.54) is 19.3 Å². The molecule has 1 N–H and O–H groups in total. The predicted molar refractivity (Wildman–Crippen MR) is 43.8 cm³/mol. The smallest absolute Gasteiger partial charge is 0.220 e. The summed E-state index contributed by atoms with van der Waals surface area (Å²) in [5.74, 6) is 1.92. The second-order valence-corrected chi connectivity index (χ2v) is 3.33. The van der Waals surface area contributed by atoms with Crippen LogP contribution in [-0.4, -0.2) is 10.1 Å². The molecule has 3 nitrogen and oxygen atoms in total. The van der Waals surface area contributed by atoms with E-state index in [2.05, 4.69) is 4.98 Å². The molecule has 0 aromatic carbocycles. The van der Waals surface area contributed by atoms with Gasteiger partial charge in [-0.3, -0.25) is 0 Å². The highest BCUT2D eigenvalue weighted by molar-refractivity contribution is 5.15. The molecule has 1 saturated carbocycles. The van der Waals surface area contributed by atoms with Crippen molar-refractivity contribution in [1.82, 2.24) is 4.98 Å². The van der Waals surface area contributed by atoms with Crippen molar-refractivity contribution in [3.63, 3.8) is 0 Å². The van der Waals surface area contributed by atoms with Crippen LogP contribution in [0.4, 0.5) is 0 Å². The molecule has 66 valence electrons. The minimum Gasteiger partial charge on any atom is -0.443 e. The monoisotopic (exact) mass is 167 g/mol. The molecule has 1 heterocycles. The molecule has 0 aliphatic heterocycles. The van der Waals surface area contributed by atoms with Crippen LogP contribution in [0.25, 0.3) is 0 Å². The standard InChI is InChI=1S/C9H13NO2/c1-6-9(7-3-2-4-7)10-8(5-11)12-6/h7,11H,2-5H2,1H3. The number of aliphatic hydroxyl groups is 1. The van der Waals surface area contributed by atoms with Gasteiger partial charge in [0.25, 0.3) is 0 Å². The lowest BCUT2D eigenvalue weighted by Crippen LogP contribution is -2.10. The van der Waals surface area contributed by atoms with Gasteiger partial charge in [-0.2, -0.15) is 0 Å². The normalized spacial score (nSPS) is 17.8. The van der Waals surface area contributed by atoms with Crippen LogP contribution in [0.15, 0.2) is 4.42 Å². The maximum Gasteiger partial charge on any atom is 0.220 e. The third-order valence-electron chi connectivity index (χ3n) is 2.50. The molecule has 3 heteroatoms. The molecule has 0 bridgehead atoms. The molecule has 0 radical (unpaired) electrons. The molecule has 1 aromatic rings. The van der Waals surface area contributed by atoms with E-state index in [4.69, 9.17) is 9.52 Å². The van der Waals surface area contributed by atoms with Crippen molar-refractivity contribution < 1.29 is 9.52 Å². The van der Waals surface area contributed by atoms with Gasteiger partial charge in [0.15, 0.2) is 0 Å². The van der Waals surface area contributed by atoms with E-state index in [1.807, 2.05) is 6.92 Å². The molecule has 1 aromatic heterocycles. The Morgan fingerprint density at radius 1 is 1.58 bits per heavy atom. The maximum atomic E-state index is 8.79. The summed E-state index contributed by atoms with van der Waals surface area (Å²) >= 11 is 0. The van der Waals surface area contributed by atoms with E-state index in [1.54, 1.807) is 0 Å². The molecule has 1 fully saturated rings. The van der Waals surface area contributed by atoms with E-state index in [0.717, 1.165) is 11.5 Å². The zero-order valence-electron chi connectivity index (χ0n) is 7.21. The number of aryl methyl sites for hydroxylation is 1. The van der Waals surface area contributed by atoms with Crippen molar-refractivity contribution >= 4 is 0 Å². The van der Waals surface area contributed by atoms with Crippen LogP contribution in [0, 0.1) is 6.92 Å². The van der Waals surface area contributed by atoms with Crippen LogP contribution >= 0.6 is 0 Å². The molecule has 0 spiro atoms. The Bertz CT molecular complexity index is 276. The van der Waals surface area contributed by atoms with Crippen LogP contribution in [-0.2, 0) is 6.61 Å². The van der Waals surface area contributed by atoms with Gasteiger partial charge in [-0.05, 0) is 19.8 Å². The minimum absolute atomic E-state index is 0.0897. The Hall–Kier alpha value is -0.830. The molecule has 0 unspecified atom stereocenters. The van der Waals surface area contributed by atoms with Crippen molar-refractivity contribution in [1.29, 1.82) is 0 Å². The Morgan fingerprint density at radius 3 is 2.75 bits per heavy atom. The highest BCUT2D eigenvalue weighted by Crippen LogP contribution is 2.37. The van der Waals surface area contributed by atoms with Crippen molar-refractivity contribution in [2.75, 3.05) is 0 Å². The van der Waals surface area contributed by atoms with Gasteiger partial charge in [0.05, 0.1) is 5.69 Å². The lowest BCUT2D eigenvalue weighted by Gasteiger charge is -2.23. The fourth-order valence-corrected chi connectivity index (χ4v) is 1.59. The summed E-state index contributed by atoms with van der Waals surface area (Å²) in [5, 5.41) is 8.79. The van der Waals surface area contributed by atoms with E-state index in [9.17, 15) is 0 Å². The Labute approximate surface area is 71.4 Å².